The van der Waals surface area contributed by atoms with E-state index in [1.807, 2.05) is 5.38 Å². The molecule has 0 saturated heterocycles. The van der Waals surface area contributed by atoms with Gasteiger partial charge in [0.05, 0.1) is 17.3 Å². The van der Waals surface area contributed by atoms with Crippen LogP contribution in [0.2, 0.25) is 0 Å². The van der Waals surface area contributed by atoms with Crippen LogP contribution < -0.4 is 10.6 Å². The number of aromatic nitrogens is 1. The van der Waals surface area contributed by atoms with Crippen molar-refractivity contribution in [1.82, 2.24) is 15.6 Å². The Morgan fingerprint density at radius 1 is 1.56 bits per heavy atom. The zero-order valence-corrected chi connectivity index (χ0v) is 10.6. The molecule has 0 aromatic carbocycles. The summed E-state index contributed by atoms with van der Waals surface area (Å²) in [6.07, 6.45) is -0.588. The number of carboxylic acids is 1. The number of rotatable bonds is 6. The van der Waals surface area contributed by atoms with Crippen molar-refractivity contribution in [3.63, 3.8) is 0 Å². The van der Waals surface area contributed by atoms with Gasteiger partial charge in [0.15, 0.2) is 6.04 Å². The smallest absolute Gasteiger partial charge is 0.328 e. The molecule has 2 atom stereocenters. The largest absolute Gasteiger partial charge is 0.480 e. The minimum Gasteiger partial charge on any atom is -0.480 e. The molecule has 7 nitrogen and oxygen atoms in total. The van der Waals surface area contributed by atoms with E-state index >= 15 is 0 Å². The highest BCUT2D eigenvalue weighted by Crippen LogP contribution is 2.00. The molecule has 1 aromatic heterocycles. The zero-order chi connectivity index (χ0) is 13.5. The quantitative estimate of drug-likeness (QED) is 0.574. The van der Waals surface area contributed by atoms with Gasteiger partial charge in [-0.2, -0.15) is 0 Å². The highest BCUT2D eigenvalue weighted by atomic mass is 32.1. The minimum absolute atomic E-state index is 0.349. The highest BCUT2D eigenvalue weighted by Gasteiger charge is 2.24. The first-order chi connectivity index (χ1) is 8.50. The van der Waals surface area contributed by atoms with Gasteiger partial charge in [-0.05, 0) is 6.92 Å². The Morgan fingerprint density at radius 3 is 2.78 bits per heavy atom. The molecule has 1 rings (SSSR count). The van der Waals surface area contributed by atoms with E-state index in [-0.39, 0.29) is 0 Å². The molecule has 0 spiro atoms. The van der Waals surface area contributed by atoms with Gasteiger partial charge in [-0.3, -0.25) is 0 Å². The van der Waals surface area contributed by atoms with Crippen LogP contribution in [0.15, 0.2) is 10.9 Å². The van der Waals surface area contributed by atoms with Crippen molar-refractivity contribution in [3.05, 3.63) is 16.6 Å². The Kier molecular flexibility index (Phi) is 5.53. The number of urea groups is 1. The maximum Gasteiger partial charge on any atom is 0.328 e. The van der Waals surface area contributed by atoms with E-state index in [4.69, 9.17) is 5.11 Å². The SMILES string of the molecule is C[C@@H](O)[C@H](NC(=O)NCCc1cscn1)C(=O)O. The summed E-state index contributed by atoms with van der Waals surface area (Å²) in [5, 5.41) is 24.5. The Hall–Kier alpha value is -1.67. The zero-order valence-electron chi connectivity index (χ0n) is 9.79. The van der Waals surface area contributed by atoms with Gasteiger partial charge < -0.3 is 20.8 Å². The molecule has 0 bridgehead atoms. The van der Waals surface area contributed by atoms with Crippen molar-refractivity contribution >= 4 is 23.3 Å². The number of carbonyl (C=O) groups excluding carboxylic acids is 1. The normalized spacial score (nSPS) is 13.7. The Bertz CT molecular complexity index is 394. The summed E-state index contributed by atoms with van der Waals surface area (Å²) in [6, 6.07) is -1.94. The molecule has 0 aliphatic heterocycles. The average molecular weight is 273 g/mol. The van der Waals surface area contributed by atoms with E-state index in [9.17, 15) is 14.7 Å². The van der Waals surface area contributed by atoms with Crippen molar-refractivity contribution < 1.29 is 19.8 Å². The van der Waals surface area contributed by atoms with Crippen LogP contribution in [0.25, 0.3) is 0 Å². The number of nitrogens with one attached hydrogen (secondary N) is 2. The second-order valence-corrected chi connectivity index (χ2v) is 4.41. The molecule has 0 radical (unpaired) electrons. The van der Waals surface area contributed by atoms with Crippen LogP contribution >= 0.6 is 11.3 Å². The van der Waals surface area contributed by atoms with Crippen LogP contribution in [0.3, 0.4) is 0 Å². The summed E-state index contributed by atoms with van der Waals surface area (Å²) in [5.41, 5.74) is 2.56. The first-order valence-corrected chi connectivity index (χ1v) is 6.27. The standard InChI is InChI=1S/C10H15N3O4S/c1-6(14)8(9(15)16)13-10(17)11-3-2-7-4-18-5-12-7/h4-6,8,14H,2-3H2,1H3,(H,15,16)(H2,11,13,17)/t6-,8+/m1/s1. The van der Waals surface area contributed by atoms with E-state index in [0.29, 0.717) is 13.0 Å². The van der Waals surface area contributed by atoms with Crippen LogP contribution in [-0.2, 0) is 11.2 Å². The summed E-state index contributed by atoms with van der Waals surface area (Å²) in [4.78, 5) is 26.1. The van der Waals surface area contributed by atoms with E-state index in [2.05, 4.69) is 15.6 Å². The van der Waals surface area contributed by atoms with Crippen molar-refractivity contribution in [2.75, 3.05) is 6.54 Å². The molecule has 1 aromatic rings. The van der Waals surface area contributed by atoms with E-state index in [0.717, 1.165) is 5.69 Å². The molecule has 0 unspecified atom stereocenters. The number of carboxylic acid groups (broad SMARTS) is 1. The number of carbonyl (C=O) groups is 2. The van der Waals surface area contributed by atoms with Crippen molar-refractivity contribution in [1.29, 1.82) is 0 Å². The van der Waals surface area contributed by atoms with Crippen molar-refractivity contribution in [2.24, 2.45) is 0 Å². The number of amides is 2. The third-order valence-electron chi connectivity index (χ3n) is 2.19. The summed E-state index contributed by atoms with van der Waals surface area (Å²) in [6.45, 7) is 1.65. The molecule has 0 saturated carbocycles. The molecule has 0 fully saturated rings. The lowest BCUT2D eigenvalue weighted by Gasteiger charge is -2.17. The van der Waals surface area contributed by atoms with Crippen LogP contribution in [-0.4, -0.2) is 45.9 Å². The van der Waals surface area contributed by atoms with Crippen LogP contribution in [0, 0.1) is 0 Å². The summed E-state index contributed by atoms with van der Waals surface area (Å²) < 4.78 is 0. The minimum atomic E-state index is -1.32. The fourth-order valence-electron chi connectivity index (χ4n) is 1.25. The lowest BCUT2D eigenvalue weighted by molar-refractivity contribution is -0.141. The van der Waals surface area contributed by atoms with Gasteiger partial charge in [0, 0.05) is 18.3 Å². The summed E-state index contributed by atoms with van der Waals surface area (Å²) in [5.74, 6) is -1.28. The molecule has 18 heavy (non-hydrogen) atoms. The van der Waals surface area contributed by atoms with Crippen molar-refractivity contribution in [3.8, 4) is 0 Å². The molecular weight excluding hydrogens is 258 g/mol. The molecular formula is C10H15N3O4S. The maximum atomic E-state index is 11.4. The lowest BCUT2D eigenvalue weighted by Crippen LogP contribution is -2.51. The number of aliphatic hydroxyl groups excluding tert-OH is 1. The second-order valence-electron chi connectivity index (χ2n) is 3.69. The van der Waals surface area contributed by atoms with Gasteiger partial charge in [0.1, 0.15) is 0 Å². The number of aliphatic hydroxyl groups is 1. The average Bonchev–Trinajstić information content (AvgIpc) is 2.78. The van der Waals surface area contributed by atoms with Crippen LogP contribution in [0.4, 0.5) is 4.79 Å². The summed E-state index contributed by atoms with van der Waals surface area (Å²) in [7, 11) is 0. The van der Waals surface area contributed by atoms with Gasteiger partial charge in [0.2, 0.25) is 0 Å². The summed E-state index contributed by atoms with van der Waals surface area (Å²) >= 11 is 1.47. The first-order valence-electron chi connectivity index (χ1n) is 5.33. The first kappa shape index (κ1) is 14.4. The van der Waals surface area contributed by atoms with Gasteiger partial charge in [-0.25, -0.2) is 14.6 Å². The van der Waals surface area contributed by atoms with Gasteiger partial charge in [-0.15, -0.1) is 11.3 Å². The molecule has 1 heterocycles. The Labute approximate surface area is 108 Å². The number of thiazole rings is 1. The van der Waals surface area contributed by atoms with Gasteiger partial charge >= 0.3 is 12.0 Å². The lowest BCUT2D eigenvalue weighted by atomic mass is 10.2. The fourth-order valence-corrected chi connectivity index (χ4v) is 1.84. The van der Waals surface area contributed by atoms with Crippen LogP contribution in [0.5, 0.6) is 0 Å². The number of hydrogen-bond acceptors (Lipinski definition) is 5. The predicted octanol–water partition coefficient (Wildman–Crippen LogP) is -0.181. The van der Waals surface area contributed by atoms with E-state index in [1.165, 1.54) is 18.3 Å². The second kappa shape index (κ2) is 6.92. The molecule has 0 aliphatic rings. The van der Waals surface area contributed by atoms with Crippen molar-refractivity contribution in [2.45, 2.75) is 25.5 Å². The molecule has 0 aliphatic carbocycles. The van der Waals surface area contributed by atoms with E-state index < -0.39 is 24.1 Å². The van der Waals surface area contributed by atoms with E-state index in [1.54, 1.807) is 5.51 Å². The Morgan fingerprint density at radius 2 is 2.28 bits per heavy atom. The van der Waals surface area contributed by atoms with Crippen LogP contribution in [0.1, 0.15) is 12.6 Å². The topological polar surface area (TPSA) is 112 Å². The molecule has 4 N–H and O–H groups in total. The number of nitrogens with zero attached hydrogens (tertiary/aromatic N) is 1. The number of hydrogen-bond donors (Lipinski definition) is 4. The van der Waals surface area contributed by atoms with Gasteiger partial charge in [-0.1, -0.05) is 0 Å². The fraction of sp³-hybridized carbons (Fsp3) is 0.500. The third-order valence-corrected chi connectivity index (χ3v) is 2.82. The highest BCUT2D eigenvalue weighted by molar-refractivity contribution is 7.07. The third kappa shape index (κ3) is 4.68. The Balaban J connectivity index is 2.30. The molecule has 8 heteroatoms. The maximum absolute atomic E-state index is 11.4. The monoisotopic (exact) mass is 273 g/mol. The molecule has 100 valence electrons. The number of aliphatic carboxylic acids is 1. The van der Waals surface area contributed by atoms with Gasteiger partial charge in [0.25, 0.3) is 0 Å². The molecule has 2 amide bonds. The predicted molar refractivity (Wildman–Crippen MR) is 65.5 cm³/mol.